The first kappa shape index (κ1) is 62.8. The van der Waals surface area contributed by atoms with Crippen molar-refractivity contribution in [1.29, 1.82) is 0 Å². The van der Waals surface area contributed by atoms with Crippen LogP contribution in [0.2, 0.25) is 0 Å². The minimum atomic E-state index is -0.851. The van der Waals surface area contributed by atoms with Crippen LogP contribution in [0.15, 0.2) is 48.6 Å². The number of aliphatic hydroxyl groups excluding tert-OH is 2. The van der Waals surface area contributed by atoms with Gasteiger partial charge in [-0.05, 0) is 83.5 Å². The zero-order valence-electron chi connectivity index (χ0n) is 43.2. The minimum Gasteiger partial charge on any atom is -0.466 e. The largest absolute Gasteiger partial charge is 0.466 e. The van der Waals surface area contributed by atoms with Crippen LogP contribution in [0.25, 0.3) is 0 Å². The van der Waals surface area contributed by atoms with Gasteiger partial charge in [-0.25, -0.2) is 0 Å². The monoisotopic (exact) mass is 912 g/mol. The molecule has 0 heterocycles. The molecule has 380 valence electrons. The molecule has 0 aliphatic heterocycles. The normalized spacial score (nSPS) is 13.0. The molecule has 65 heavy (non-hydrogen) atoms. The van der Waals surface area contributed by atoms with Crippen molar-refractivity contribution in [1.82, 2.24) is 5.32 Å². The summed E-state index contributed by atoms with van der Waals surface area (Å²) >= 11 is 0. The summed E-state index contributed by atoms with van der Waals surface area (Å²) in [5.41, 5.74) is 0. The van der Waals surface area contributed by atoms with Gasteiger partial charge in [0.2, 0.25) is 5.91 Å². The molecule has 6 nitrogen and oxygen atoms in total. The first-order valence-electron chi connectivity index (χ1n) is 28.4. The lowest BCUT2D eigenvalue weighted by molar-refractivity contribution is -0.143. The second-order valence-electron chi connectivity index (χ2n) is 19.3. The van der Waals surface area contributed by atoms with Crippen molar-refractivity contribution in [3.8, 4) is 0 Å². The maximum absolute atomic E-state index is 12.5. The van der Waals surface area contributed by atoms with Crippen molar-refractivity contribution in [3.63, 3.8) is 0 Å². The number of aliphatic hydroxyl groups is 2. The van der Waals surface area contributed by atoms with Gasteiger partial charge >= 0.3 is 5.97 Å². The number of carbonyl (C=O) groups excluding carboxylic acids is 2. The van der Waals surface area contributed by atoms with E-state index in [0.717, 1.165) is 64.2 Å². The van der Waals surface area contributed by atoms with E-state index in [1.54, 1.807) is 6.08 Å². The molecule has 6 heteroatoms. The van der Waals surface area contributed by atoms with Crippen molar-refractivity contribution in [3.05, 3.63) is 48.6 Å². The number of rotatable bonds is 52. The van der Waals surface area contributed by atoms with Crippen molar-refractivity contribution >= 4 is 11.9 Å². The molecule has 0 bridgehead atoms. The highest BCUT2D eigenvalue weighted by atomic mass is 16.5. The molecule has 0 aliphatic carbocycles. The zero-order chi connectivity index (χ0) is 47.2. The number of hydrogen-bond acceptors (Lipinski definition) is 5. The molecule has 0 saturated heterocycles. The molecule has 0 rings (SSSR count). The van der Waals surface area contributed by atoms with E-state index >= 15 is 0 Å². The first-order valence-corrected chi connectivity index (χ1v) is 28.4. The van der Waals surface area contributed by atoms with Crippen LogP contribution in [-0.4, -0.2) is 47.4 Å². The van der Waals surface area contributed by atoms with Gasteiger partial charge in [0.1, 0.15) is 0 Å². The third kappa shape index (κ3) is 51.1. The maximum atomic E-state index is 12.5. The molecule has 0 aliphatic rings. The van der Waals surface area contributed by atoms with Gasteiger partial charge < -0.3 is 20.3 Å². The Labute approximate surface area is 404 Å². The fourth-order valence-corrected chi connectivity index (χ4v) is 8.43. The lowest BCUT2D eigenvalue weighted by Gasteiger charge is -2.20. The molecule has 1 amide bonds. The highest BCUT2D eigenvalue weighted by molar-refractivity contribution is 5.76. The molecular formula is C59H109NO5. The first-order chi connectivity index (χ1) is 32.0. The zero-order valence-corrected chi connectivity index (χ0v) is 43.2. The summed E-state index contributed by atoms with van der Waals surface area (Å²) in [6.45, 7) is 4.82. The Bertz CT molecular complexity index is 1100. The Morgan fingerprint density at radius 2 is 0.800 bits per heavy atom. The Kier molecular flexibility index (Phi) is 52.6. The summed E-state index contributed by atoms with van der Waals surface area (Å²) in [6.07, 6.45) is 68.4. The van der Waals surface area contributed by atoms with E-state index in [1.165, 1.54) is 199 Å². The lowest BCUT2D eigenvalue weighted by Crippen LogP contribution is -2.45. The van der Waals surface area contributed by atoms with E-state index in [9.17, 15) is 19.8 Å². The fourth-order valence-electron chi connectivity index (χ4n) is 8.43. The van der Waals surface area contributed by atoms with Crippen LogP contribution in [0.1, 0.15) is 290 Å². The van der Waals surface area contributed by atoms with Crippen molar-refractivity contribution < 1.29 is 24.5 Å². The molecule has 3 N–H and O–H groups in total. The van der Waals surface area contributed by atoms with E-state index in [1.807, 2.05) is 6.08 Å². The number of carbonyl (C=O) groups is 2. The maximum Gasteiger partial charge on any atom is 0.305 e. The molecule has 2 unspecified atom stereocenters. The SMILES string of the molecule is CCC/C=C\C/C=C\CCCCCCCC(=O)OCCCCCCCCCC/C=C\CCCCCCCCCC(=O)NC(CO)C(O)/C=C/CCCCCCCCCCCCCCCC. The molecule has 0 aromatic carbocycles. The third-order valence-electron chi connectivity index (χ3n) is 12.8. The summed E-state index contributed by atoms with van der Waals surface area (Å²) < 4.78 is 5.45. The van der Waals surface area contributed by atoms with Crippen LogP contribution in [0.3, 0.4) is 0 Å². The lowest BCUT2D eigenvalue weighted by atomic mass is 10.0. The van der Waals surface area contributed by atoms with Crippen molar-refractivity contribution in [2.75, 3.05) is 13.2 Å². The Balaban J connectivity index is 3.49. The van der Waals surface area contributed by atoms with Gasteiger partial charge in [0.05, 0.1) is 25.4 Å². The van der Waals surface area contributed by atoms with Gasteiger partial charge in [0.15, 0.2) is 0 Å². The van der Waals surface area contributed by atoms with Crippen LogP contribution in [-0.2, 0) is 14.3 Å². The minimum absolute atomic E-state index is 0.0128. The molecule has 0 spiro atoms. The van der Waals surface area contributed by atoms with Crippen molar-refractivity contribution in [2.24, 2.45) is 0 Å². The fraction of sp³-hybridized carbons (Fsp3) is 0.831. The summed E-state index contributed by atoms with van der Waals surface area (Å²) in [4.78, 5) is 24.5. The standard InChI is InChI=1S/C59H109NO5/c1-3-5-7-9-11-13-15-17-18-24-28-31-35-39-43-47-51-57(62)56(55-61)60-58(63)52-48-44-40-36-32-29-25-22-20-19-21-23-26-30-34-38-42-46-50-54-65-59(64)53-49-45-41-37-33-27-16-14-12-10-8-6-4-2/h8,10,14,16,19-20,47,51,56-57,61-62H,3-7,9,11-13,15,17-18,21-46,48-50,52-55H2,1-2H3,(H,60,63)/b10-8-,16-14-,20-19-,51-47+. The summed E-state index contributed by atoms with van der Waals surface area (Å²) in [5, 5.41) is 23.1. The predicted octanol–water partition coefficient (Wildman–Crippen LogP) is 17.4. The third-order valence-corrected chi connectivity index (χ3v) is 12.8. The molecule has 0 radical (unpaired) electrons. The Morgan fingerprint density at radius 3 is 1.25 bits per heavy atom. The molecular weight excluding hydrogens is 803 g/mol. The molecule has 0 fully saturated rings. The van der Waals surface area contributed by atoms with E-state index in [0.29, 0.717) is 19.4 Å². The quantitative estimate of drug-likeness (QED) is 0.0321. The second-order valence-corrected chi connectivity index (χ2v) is 19.3. The van der Waals surface area contributed by atoms with Gasteiger partial charge in [-0.3, -0.25) is 9.59 Å². The summed E-state index contributed by atoms with van der Waals surface area (Å²) in [7, 11) is 0. The summed E-state index contributed by atoms with van der Waals surface area (Å²) in [5.74, 6) is -0.0906. The van der Waals surface area contributed by atoms with Gasteiger partial charge in [0, 0.05) is 12.8 Å². The van der Waals surface area contributed by atoms with Crippen LogP contribution in [0.4, 0.5) is 0 Å². The van der Waals surface area contributed by atoms with Crippen LogP contribution < -0.4 is 5.32 Å². The molecule has 0 saturated carbocycles. The molecule has 2 atom stereocenters. The predicted molar refractivity (Wildman–Crippen MR) is 282 cm³/mol. The average Bonchev–Trinajstić information content (AvgIpc) is 3.31. The summed E-state index contributed by atoms with van der Waals surface area (Å²) in [6, 6.07) is -0.636. The van der Waals surface area contributed by atoms with Gasteiger partial charge in [-0.1, -0.05) is 242 Å². The average molecular weight is 913 g/mol. The number of hydrogen-bond donors (Lipinski definition) is 3. The van der Waals surface area contributed by atoms with E-state index in [2.05, 4.69) is 55.6 Å². The van der Waals surface area contributed by atoms with E-state index < -0.39 is 12.1 Å². The highest BCUT2D eigenvalue weighted by Gasteiger charge is 2.18. The topological polar surface area (TPSA) is 95.9 Å². The highest BCUT2D eigenvalue weighted by Crippen LogP contribution is 2.16. The van der Waals surface area contributed by atoms with Gasteiger partial charge in [-0.15, -0.1) is 0 Å². The Morgan fingerprint density at radius 1 is 0.431 bits per heavy atom. The molecule has 0 aromatic rings. The number of nitrogens with one attached hydrogen (secondary N) is 1. The van der Waals surface area contributed by atoms with Crippen LogP contribution >= 0.6 is 0 Å². The van der Waals surface area contributed by atoms with E-state index in [-0.39, 0.29) is 18.5 Å². The molecule has 0 aromatic heterocycles. The van der Waals surface area contributed by atoms with Crippen molar-refractivity contribution in [2.45, 2.75) is 302 Å². The van der Waals surface area contributed by atoms with Gasteiger partial charge in [0.25, 0.3) is 0 Å². The number of allylic oxidation sites excluding steroid dienone is 7. The second kappa shape index (κ2) is 54.4. The number of ether oxygens (including phenoxy) is 1. The van der Waals surface area contributed by atoms with Crippen LogP contribution in [0, 0.1) is 0 Å². The Hall–Kier alpha value is -2.18. The van der Waals surface area contributed by atoms with Gasteiger partial charge in [-0.2, -0.15) is 0 Å². The number of esters is 1. The van der Waals surface area contributed by atoms with Crippen LogP contribution in [0.5, 0.6) is 0 Å². The smallest absolute Gasteiger partial charge is 0.305 e. The number of amides is 1. The number of unbranched alkanes of at least 4 members (excludes halogenated alkanes) is 35. The van der Waals surface area contributed by atoms with E-state index in [4.69, 9.17) is 4.74 Å².